The zero-order chi connectivity index (χ0) is 14.6. The summed E-state index contributed by atoms with van der Waals surface area (Å²) >= 11 is -1.52. The maximum atomic E-state index is 11.7. The minimum absolute atomic E-state index is 0.567. The fourth-order valence-electron chi connectivity index (χ4n) is 4.14. The zero-order valence-electron chi connectivity index (χ0n) is 12.2. The first-order valence-electron chi connectivity index (χ1n) is 7.65. The predicted molar refractivity (Wildman–Crippen MR) is 95.9 cm³/mol. The molecule has 0 spiro atoms. The van der Waals surface area contributed by atoms with E-state index in [-0.39, 0.29) is 0 Å². The van der Waals surface area contributed by atoms with E-state index in [1.807, 2.05) is 12.3 Å². The Kier molecular flexibility index (Phi) is 3.24. The molecule has 0 bridgehead atoms. The van der Waals surface area contributed by atoms with Gasteiger partial charge in [0.1, 0.15) is 0 Å². The molecule has 0 radical (unpaired) electrons. The van der Waals surface area contributed by atoms with Crippen molar-refractivity contribution in [3.8, 4) is 0 Å². The normalized spacial score (nSPS) is 29.4. The second-order valence-electron chi connectivity index (χ2n) is 6.28. The standard InChI is InChI=1S/C17H20IN2O/c1-2-11-6-14-13-4-3-5-16-17(13)12(9-20(16)19)7-15(14)18(8-11)10-21/h3-5,9-11,14-15,19H,2,6-8H2,1H3/q-1. The van der Waals surface area contributed by atoms with Crippen LogP contribution in [0.4, 0.5) is 0 Å². The van der Waals surface area contributed by atoms with Crippen molar-refractivity contribution in [2.45, 2.75) is 36.0 Å². The Labute approximate surface area is 132 Å². The zero-order valence-corrected chi connectivity index (χ0v) is 14.3. The van der Waals surface area contributed by atoms with Crippen molar-refractivity contribution in [1.82, 2.24) is 4.68 Å². The van der Waals surface area contributed by atoms with Crippen LogP contribution in [-0.2, 0) is 11.2 Å². The fraction of sp³-hybridized carbons (Fsp3) is 0.471. The third-order valence-corrected chi connectivity index (χ3v) is 11.5. The summed E-state index contributed by atoms with van der Waals surface area (Å²) < 4.78 is 4.67. The van der Waals surface area contributed by atoms with E-state index in [0.29, 0.717) is 9.84 Å². The Morgan fingerprint density at radius 3 is 3.10 bits per heavy atom. The van der Waals surface area contributed by atoms with Crippen LogP contribution in [0.1, 0.15) is 36.8 Å². The molecular formula is C17H20IN2O-. The van der Waals surface area contributed by atoms with Gasteiger partial charge in [-0.1, -0.05) is 0 Å². The second kappa shape index (κ2) is 5.00. The molecule has 2 aromatic rings. The van der Waals surface area contributed by atoms with Crippen LogP contribution in [0.2, 0.25) is 0 Å². The van der Waals surface area contributed by atoms with Gasteiger partial charge in [0, 0.05) is 0 Å². The Hall–Kier alpha value is -1.04. The van der Waals surface area contributed by atoms with Gasteiger partial charge < -0.3 is 0 Å². The molecule has 1 fully saturated rings. The summed E-state index contributed by atoms with van der Waals surface area (Å²) in [4.78, 5) is 11.7. The summed E-state index contributed by atoms with van der Waals surface area (Å²) in [6, 6.07) is 6.38. The Bertz CT molecular complexity index is 708. The monoisotopic (exact) mass is 395 g/mol. The maximum absolute atomic E-state index is 11.7. The summed E-state index contributed by atoms with van der Waals surface area (Å²) in [5.41, 5.74) is 3.76. The first kappa shape index (κ1) is 13.6. The van der Waals surface area contributed by atoms with Gasteiger partial charge >= 0.3 is 132 Å². The first-order chi connectivity index (χ1) is 10.2. The van der Waals surface area contributed by atoms with Gasteiger partial charge in [0.15, 0.2) is 0 Å². The molecule has 1 aliphatic carbocycles. The molecule has 4 rings (SSSR count). The van der Waals surface area contributed by atoms with Crippen LogP contribution in [-0.4, -0.2) is 17.3 Å². The van der Waals surface area contributed by atoms with Gasteiger partial charge in [-0.25, -0.2) is 0 Å². The molecule has 3 unspecified atom stereocenters. The van der Waals surface area contributed by atoms with Crippen molar-refractivity contribution < 1.29 is 4.79 Å². The van der Waals surface area contributed by atoms with Crippen LogP contribution >= 0.6 is 19.8 Å². The molecule has 0 amide bonds. The van der Waals surface area contributed by atoms with E-state index in [1.165, 1.54) is 42.8 Å². The number of nitrogens with zero attached hydrogens (tertiary/aromatic N) is 1. The molecule has 3 atom stereocenters. The average Bonchev–Trinajstić information content (AvgIpc) is 2.84. The van der Waals surface area contributed by atoms with Gasteiger partial charge in [-0.3, -0.25) is 0 Å². The van der Waals surface area contributed by atoms with Crippen LogP contribution in [0.3, 0.4) is 0 Å². The third-order valence-electron chi connectivity index (χ3n) is 5.23. The van der Waals surface area contributed by atoms with E-state index in [9.17, 15) is 4.79 Å². The molecule has 1 N–H and O–H groups in total. The molecule has 112 valence electrons. The van der Waals surface area contributed by atoms with Crippen molar-refractivity contribution in [3.05, 3.63) is 41.4 Å². The van der Waals surface area contributed by atoms with E-state index >= 15 is 0 Å². The van der Waals surface area contributed by atoms with E-state index in [0.717, 1.165) is 17.9 Å². The summed E-state index contributed by atoms with van der Waals surface area (Å²) in [5.74, 6) is 9.40. The number of aromatic nitrogens is 1. The van der Waals surface area contributed by atoms with E-state index in [2.05, 4.69) is 19.1 Å². The fourth-order valence-corrected chi connectivity index (χ4v) is 10.6. The van der Waals surface area contributed by atoms with E-state index < -0.39 is 19.8 Å². The van der Waals surface area contributed by atoms with Crippen molar-refractivity contribution in [3.63, 3.8) is 0 Å². The van der Waals surface area contributed by atoms with Crippen molar-refractivity contribution >= 4 is 35.0 Å². The van der Waals surface area contributed by atoms with Gasteiger partial charge in [0.05, 0.1) is 0 Å². The molecule has 3 nitrogen and oxygen atoms in total. The Balaban J connectivity index is 1.88. The summed E-state index contributed by atoms with van der Waals surface area (Å²) in [6.45, 7) is 2.26. The molecule has 1 aromatic carbocycles. The Morgan fingerprint density at radius 1 is 1.48 bits per heavy atom. The SMILES string of the molecule is CCC1CC2c3cccc4c3c(cn4[NH-])CC2I(C=O)C1. The third kappa shape index (κ3) is 1.94. The minimum atomic E-state index is -1.52. The molecule has 0 saturated carbocycles. The molecule has 1 saturated heterocycles. The van der Waals surface area contributed by atoms with Crippen LogP contribution in [0.25, 0.3) is 16.7 Å². The average molecular weight is 395 g/mol. The number of hydrogen-bond acceptors (Lipinski definition) is 1. The number of alkyl halides is 2. The van der Waals surface area contributed by atoms with Gasteiger partial charge in [-0.2, -0.15) is 0 Å². The van der Waals surface area contributed by atoms with Crippen LogP contribution in [0, 0.1) is 5.92 Å². The first-order valence-corrected chi connectivity index (χ1v) is 11.7. The number of carbonyl (C=O) groups is 1. The number of rotatable bonds is 2. The van der Waals surface area contributed by atoms with Gasteiger partial charge in [-0.15, -0.1) is 0 Å². The van der Waals surface area contributed by atoms with E-state index in [4.69, 9.17) is 5.84 Å². The van der Waals surface area contributed by atoms with E-state index in [1.54, 1.807) is 0 Å². The second-order valence-corrected chi connectivity index (χ2v) is 11.8. The molecule has 1 aliphatic heterocycles. The van der Waals surface area contributed by atoms with Crippen molar-refractivity contribution in [2.75, 3.05) is 4.43 Å². The summed E-state index contributed by atoms with van der Waals surface area (Å²) in [5, 5.41) is 1.31. The number of halogens is 1. The Morgan fingerprint density at radius 2 is 2.33 bits per heavy atom. The molecule has 2 aliphatic rings. The number of benzene rings is 1. The quantitative estimate of drug-likeness (QED) is 0.318. The van der Waals surface area contributed by atoms with Crippen LogP contribution < -0.4 is 0 Å². The molecule has 2 heterocycles. The molecule has 4 heteroatoms. The predicted octanol–water partition coefficient (Wildman–Crippen LogP) is 4.59. The number of fused-ring (bicyclic) bond motifs is 2. The van der Waals surface area contributed by atoms with Gasteiger partial charge in [0.25, 0.3) is 0 Å². The van der Waals surface area contributed by atoms with Crippen molar-refractivity contribution in [1.29, 1.82) is 0 Å². The number of nitrogens with one attached hydrogen (secondary N) is 1. The molecular weight excluding hydrogens is 375 g/mol. The van der Waals surface area contributed by atoms with Gasteiger partial charge in [-0.05, 0) is 0 Å². The number of hydrogen-bond donors (Lipinski definition) is 0. The van der Waals surface area contributed by atoms with Crippen molar-refractivity contribution in [2.24, 2.45) is 5.92 Å². The van der Waals surface area contributed by atoms with Gasteiger partial charge in [0.2, 0.25) is 0 Å². The topological polar surface area (TPSA) is 45.8 Å². The summed E-state index contributed by atoms with van der Waals surface area (Å²) in [7, 11) is 0. The number of carbonyl (C=O) groups excluding carboxylic acids is 1. The van der Waals surface area contributed by atoms with Crippen LogP contribution in [0.5, 0.6) is 0 Å². The molecule has 1 aromatic heterocycles. The van der Waals surface area contributed by atoms with Crippen LogP contribution in [0.15, 0.2) is 24.4 Å². The molecule has 21 heavy (non-hydrogen) atoms. The summed E-state index contributed by atoms with van der Waals surface area (Å²) in [6.07, 6.45) is 5.44.